The fraction of sp³-hybridized carbons (Fsp3) is 0.571. The summed E-state index contributed by atoms with van der Waals surface area (Å²) in [7, 11) is -1.42. The molecule has 7 nitrogen and oxygen atoms in total. The maximum Gasteiger partial charge on any atom is 0.230 e. The number of nitrogens with one attached hydrogen (secondary N) is 2. The van der Waals surface area contributed by atoms with E-state index in [2.05, 4.69) is 10.4 Å². The number of rotatable bonds is 2. The number of likely N-dealkylation sites (N-methyl/N-ethyl adjacent to an activating group) is 1. The van der Waals surface area contributed by atoms with Crippen LogP contribution in [0.5, 0.6) is 5.88 Å². The highest BCUT2D eigenvalue weighted by molar-refractivity contribution is 7.90. The largest absolute Gasteiger partial charge is 0.475 e. The lowest BCUT2D eigenvalue weighted by Crippen LogP contribution is -2.40. The van der Waals surface area contributed by atoms with Gasteiger partial charge in [-0.15, -0.1) is 0 Å². The van der Waals surface area contributed by atoms with Gasteiger partial charge < -0.3 is 10.1 Å². The van der Waals surface area contributed by atoms with E-state index >= 15 is 0 Å². The molecule has 8 heteroatoms. The quantitative estimate of drug-likeness (QED) is 0.616. The molecule has 1 aromatic heterocycles. The van der Waals surface area contributed by atoms with Crippen LogP contribution in [0.3, 0.4) is 0 Å². The van der Waals surface area contributed by atoms with E-state index < -0.39 is 9.92 Å². The molecule has 1 aliphatic rings. The second-order valence-corrected chi connectivity index (χ2v) is 5.03. The summed E-state index contributed by atoms with van der Waals surface area (Å²) in [5, 5.41) is 12.3. The third kappa shape index (κ3) is 1.83. The van der Waals surface area contributed by atoms with Crippen molar-refractivity contribution < 1.29 is 8.95 Å². The molecule has 2 atom stereocenters. The zero-order chi connectivity index (χ0) is 11.1. The maximum absolute atomic E-state index is 11.4. The molecule has 0 aliphatic carbocycles. The van der Waals surface area contributed by atoms with Crippen LogP contribution in [0.1, 0.15) is 0 Å². The Morgan fingerprint density at radius 3 is 3.20 bits per heavy atom. The second-order valence-electron chi connectivity index (χ2n) is 3.39. The van der Waals surface area contributed by atoms with Crippen molar-refractivity contribution in [2.45, 2.75) is 17.5 Å². The van der Waals surface area contributed by atoms with E-state index in [1.807, 2.05) is 7.05 Å². The van der Waals surface area contributed by atoms with Gasteiger partial charge in [-0.25, -0.2) is 18.8 Å². The molecule has 15 heavy (non-hydrogen) atoms. The molecule has 2 unspecified atom stereocenters. The van der Waals surface area contributed by atoms with Crippen LogP contribution < -0.4 is 15.2 Å². The minimum atomic E-state index is -3.25. The Hall–Kier alpha value is -1.12. The van der Waals surface area contributed by atoms with Crippen molar-refractivity contribution in [3.05, 3.63) is 6.20 Å². The summed E-state index contributed by atoms with van der Waals surface area (Å²) >= 11 is 0. The topological polar surface area (TPSA) is 106 Å². The van der Waals surface area contributed by atoms with E-state index in [-0.39, 0.29) is 10.9 Å². The van der Waals surface area contributed by atoms with E-state index in [1.54, 1.807) is 4.68 Å². The van der Waals surface area contributed by atoms with Crippen LogP contribution in [0.15, 0.2) is 11.1 Å². The van der Waals surface area contributed by atoms with Gasteiger partial charge in [-0.1, -0.05) is 0 Å². The van der Waals surface area contributed by atoms with Gasteiger partial charge in [0, 0.05) is 0 Å². The van der Waals surface area contributed by atoms with Crippen LogP contribution in [0.25, 0.3) is 0 Å². The van der Waals surface area contributed by atoms with Gasteiger partial charge in [0.1, 0.15) is 21.4 Å². The van der Waals surface area contributed by atoms with Gasteiger partial charge in [0.25, 0.3) is 0 Å². The first-order valence-corrected chi connectivity index (χ1v) is 6.07. The lowest BCUT2D eigenvalue weighted by molar-refractivity contribution is 0.184. The molecule has 0 aromatic carbocycles. The molecule has 0 bridgehead atoms. The smallest absolute Gasteiger partial charge is 0.230 e. The molecule has 2 rings (SSSR count). The predicted molar refractivity (Wildman–Crippen MR) is 53.9 cm³/mol. The van der Waals surface area contributed by atoms with Gasteiger partial charge in [0.05, 0.1) is 18.8 Å². The van der Waals surface area contributed by atoms with Crippen molar-refractivity contribution >= 4 is 9.92 Å². The zero-order valence-electron chi connectivity index (χ0n) is 8.27. The van der Waals surface area contributed by atoms with Crippen molar-refractivity contribution in [2.75, 3.05) is 13.7 Å². The van der Waals surface area contributed by atoms with E-state index in [1.165, 1.54) is 6.20 Å². The number of ether oxygens (including phenoxy) is 1. The SMILES string of the molecule is CNC1COc2c(S(=N)(N)=O)cnn2C1. The molecule has 0 saturated heterocycles. The van der Waals surface area contributed by atoms with Gasteiger partial charge in [-0.05, 0) is 7.05 Å². The van der Waals surface area contributed by atoms with Gasteiger partial charge in [0.15, 0.2) is 0 Å². The third-order valence-corrected chi connectivity index (χ3v) is 3.24. The molecule has 0 radical (unpaired) electrons. The normalized spacial score (nSPS) is 24.0. The van der Waals surface area contributed by atoms with Gasteiger partial charge in [-0.2, -0.15) is 5.10 Å². The first-order valence-electron chi connectivity index (χ1n) is 4.45. The van der Waals surface area contributed by atoms with Crippen molar-refractivity contribution in [3.63, 3.8) is 0 Å². The molecular weight excluding hydrogens is 218 g/mol. The molecule has 0 fully saturated rings. The summed E-state index contributed by atoms with van der Waals surface area (Å²) in [4.78, 5) is 0.164. The fourth-order valence-electron chi connectivity index (χ4n) is 1.46. The summed E-state index contributed by atoms with van der Waals surface area (Å²) in [5.74, 6) is 0.351. The monoisotopic (exact) mass is 231 g/mol. The highest BCUT2D eigenvalue weighted by Crippen LogP contribution is 2.25. The summed E-state index contributed by atoms with van der Waals surface area (Å²) in [6.45, 7) is 1.09. The molecular formula is C7H13N5O2S. The van der Waals surface area contributed by atoms with E-state index in [9.17, 15) is 4.21 Å². The summed E-state index contributed by atoms with van der Waals surface area (Å²) in [6, 6.07) is 0.171. The van der Waals surface area contributed by atoms with Crippen LogP contribution >= 0.6 is 0 Å². The number of nitrogens with two attached hydrogens (primary N) is 1. The third-order valence-electron chi connectivity index (χ3n) is 2.31. The average Bonchev–Trinajstić information content (AvgIpc) is 2.59. The lowest BCUT2D eigenvalue weighted by atomic mass is 10.3. The van der Waals surface area contributed by atoms with Crippen LogP contribution in [0.4, 0.5) is 0 Å². The predicted octanol–water partition coefficient (Wildman–Crippen LogP) is -0.857. The number of fused-ring (bicyclic) bond motifs is 1. The van der Waals surface area contributed by atoms with Crippen LogP contribution in [-0.2, 0) is 16.5 Å². The highest BCUT2D eigenvalue weighted by Gasteiger charge is 2.25. The van der Waals surface area contributed by atoms with E-state index in [4.69, 9.17) is 14.7 Å². The Labute approximate surface area is 87.7 Å². The Balaban J connectivity index is 2.38. The van der Waals surface area contributed by atoms with Crippen molar-refractivity contribution in [2.24, 2.45) is 5.14 Å². The molecule has 2 heterocycles. The minimum absolute atomic E-state index is 0.164. The number of hydrogen-bond donors (Lipinski definition) is 3. The van der Waals surface area contributed by atoms with Crippen molar-refractivity contribution in [1.82, 2.24) is 15.1 Å². The first-order chi connectivity index (χ1) is 7.02. The van der Waals surface area contributed by atoms with Gasteiger partial charge in [0.2, 0.25) is 5.88 Å². The fourth-order valence-corrected chi connectivity index (χ4v) is 2.08. The molecule has 84 valence electrons. The summed E-state index contributed by atoms with van der Waals surface area (Å²) < 4.78 is 25.6. The minimum Gasteiger partial charge on any atom is -0.475 e. The Morgan fingerprint density at radius 1 is 1.87 bits per heavy atom. The average molecular weight is 231 g/mol. The second kappa shape index (κ2) is 3.47. The maximum atomic E-state index is 11.4. The molecule has 1 aromatic rings. The number of hydrogen-bond acceptors (Lipinski definition) is 5. The van der Waals surface area contributed by atoms with Gasteiger partial charge in [-0.3, -0.25) is 0 Å². The lowest BCUT2D eigenvalue weighted by Gasteiger charge is -2.24. The first kappa shape index (κ1) is 10.4. The summed E-state index contributed by atoms with van der Waals surface area (Å²) in [5.41, 5.74) is 0. The number of aromatic nitrogens is 2. The molecule has 1 aliphatic heterocycles. The Morgan fingerprint density at radius 2 is 2.60 bits per heavy atom. The zero-order valence-corrected chi connectivity index (χ0v) is 9.08. The standard InChI is InChI=1S/C7H13N5O2S/c1-10-5-3-12-7(14-4-5)6(2-11-12)15(8,9)13/h2,5,10H,3-4H2,1H3,(H3,8,9,13). The molecule has 0 saturated carbocycles. The molecule has 0 amide bonds. The number of nitrogens with zero attached hydrogens (tertiary/aromatic N) is 2. The van der Waals surface area contributed by atoms with Crippen LogP contribution in [0.2, 0.25) is 0 Å². The van der Waals surface area contributed by atoms with E-state index in [0.717, 1.165) is 0 Å². The van der Waals surface area contributed by atoms with E-state index in [0.29, 0.717) is 19.0 Å². The van der Waals surface area contributed by atoms with Crippen molar-refractivity contribution in [1.29, 1.82) is 4.78 Å². The Kier molecular flexibility index (Phi) is 2.41. The summed E-state index contributed by atoms with van der Waals surface area (Å²) in [6.07, 6.45) is 1.34. The van der Waals surface area contributed by atoms with Crippen LogP contribution in [0, 0.1) is 4.78 Å². The van der Waals surface area contributed by atoms with Crippen molar-refractivity contribution in [3.8, 4) is 5.88 Å². The molecule has 4 N–H and O–H groups in total. The molecule has 0 spiro atoms. The highest BCUT2D eigenvalue weighted by atomic mass is 32.2. The van der Waals surface area contributed by atoms with Gasteiger partial charge >= 0.3 is 0 Å². The Bertz CT molecular complexity index is 466. The van der Waals surface area contributed by atoms with Crippen LogP contribution in [-0.4, -0.2) is 33.7 Å².